The number of hydrogen-bond acceptors (Lipinski definition) is 4. The third-order valence-corrected chi connectivity index (χ3v) is 3.42. The maximum Gasteiger partial charge on any atom is 0.326 e. The quantitative estimate of drug-likeness (QED) is 0.613. The van der Waals surface area contributed by atoms with Crippen molar-refractivity contribution in [2.75, 3.05) is 13.1 Å². The highest BCUT2D eigenvalue weighted by atomic mass is 16.4. The smallest absolute Gasteiger partial charge is 0.326 e. The van der Waals surface area contributed by atoms with Gasteiger partial charge in [0.25, 0.3) is 0 Å². The fourth-order valence-electron chi connectivity index (χ4n) is 2.24. The summed E-state index contributed by atoms with van der Waals surface area (Å²) in [4.78, 5) is 23.2. The van der Waals surface area contributed by atoms with Gasteiger partial charge in [0.2, 0.25) is 5.91 Å². The summed E-state index contributed by atoms with van der Waals surface area (Å²) in [6.07, 6.45) is 0.929. The molecule has 1 aromatic rings. The van der Waals surface area contributed by atoms with E-state index in [0.717, 1.165) is 18.5 Å². The van der Waals surface area contributed by atoms with Crippen molar-refractivity contribution < 1.29 is 19.8 Å². The van der Waals surface area contributed by atoms with E-state index in [2.05, 4.69) is 10.6 Å². The number of carbonyl (C=O) groups excluding carboxylic acids is 1. The minimum absolute atomic E-state index is 0.127. The molecular formula is C14H18N2O4. The van der Waals surface area contributed by atoms with Gasteiger partial charge in [0.1, 0.15) is 11.8 Å². The second-order valence-corrected chi connectivity index (χ2v) is 4.96. The number of carbonyl (C=O) groups is 2. The minimum Gasteiger partial charge on any atom is -0.508 e. The van der Waals surface area contributed by atoms with Crippen LogP contribution in [0.1, 0.15) is 12.0 Å². The Labute approximate surface area is 116 Å². The van der Waals surface area contributed by atoms with Crippen LogP contribution >= 0.6 is 0 Å². The van der Waals surface area contributed by atoms with Gasteiger partial charge in [-0.2, -0.15) is 0 Å². The van der Waals surface area contributed by atoms with Gasteiger partial charge in [0, 0.05) is 13.0 Å². The van der Waals surface area contributed by atoms with Crippen LogP contribution in [0.3, 0.4) is 0 Å². The highest BCUT2D eigenvalue weighted by molar-refractivity contribution is 5.85. The molecule has 0 aromatic heterocycles. The molecule has 108 valence electrons. The zero-order valence-corrected chi connectivity index (χ0v) is 11.0. The summed E-state index contributed by atoms with van der Waals surface area (Å²) in [6, 6.07) is 5.34. The van der Waals surface area contributed by atoms with Gasteiger partial charge in [-0.25, -0.2) is 4.79 Å². The molecule has 0 aliphatic carbocycles. The Bertz CT molecular complexity index is 480. The van der Waals surface area contributed by atoms with Gasteiger partial charge < -0.3 is 20.8 Å². The Kier molecular flexibility index (Phi) is 4.57. The van der Waals surface area contributed by atoms with Crippen LogP contribution in [0, 0.1) is 5.92 Å². The van der Waals surface area contributed by atoms with Gasteiger partial charge in [0.05, 0.1) is 5.92 Å². The SMILES string of the molecule is O=C(N[C@@H](Cc1ccc(O)cc1)C(=O)O)C1CCNC1. The number of aliphatic carboxylic acids is 1. The zero-order valence-electron chi connectivity index (χ0n) is 11.0. The number of phenols is 1. The third kappa shape index (κ3) is 3.71. The number of phenolic OH excluding ortho intramolecular Hbond substituents is 1. The summed E-state index contributed by atoms with van der Waals surface area (Å²) in [5.41, 5.74) is 0.750. The van der Waals surface area contributed by atoms with Crippen molar-refractivity contribution in [3.63, 3.8) is 0 Å². The molecule has 1 amide bonds. The lowest BCUT2D eigenvalue weighted by Gasteiger charge is -2.17. The molecule has 6 heteroatoms. The van der Waals surface area contributed by atoms with Gasteiger partial charge >= 0.3 is 5.97 Å². The van der Waals surface area contributed by atoms with Crippen molar-refractivity contribution in [2.45, 2.75) is 18.9 Å². The Hall–Kier alpha value is -2.08. The molecule has 0 spiro atoms. The van der Waals surface area contributed by atoms with E-state index in [9.17, 15) is 19.8 Å². The van der Waals surface area contributed by atoms with Crippen molar-refractivity contribution in [1.82, 2.24) is 10.6 Å². The van der Waals surface area contributed by atoms with E-state index in [1.165, 1.54) is 12.1 Å². The molecule has 1 unspecified atom stereocenters. The minimum atomic E-state index is -1.06. The number of hydrogen-bond donors (Lipinski definition) is 4. The highest BCUT2D eigenvalue weighted by Gasteiger charge is 2.27. The normalized spacial score (nSPS) is 19.5. The van der Waals surface area contributed by atoms with E-state index in [1.807, 2.05) is 0 Å². The van der Waals surface area contributed by atoms with Crippen molar-refractivity contribution in [3.05, 3.63) is 29.8 Å². The van der Waals surface area contributed by atoms with E-state index in [-0.39, 0.29) is 24.0 Å². The molecule has 1 aromatic carbocycles. The van der Waals surface area contributed by atoms with Gasteiger partial charge in [-0.15, -0.1) is 0 Å². The number of carboxylic acids is 1. The summed E-state index contributed by atoms with van der Waals surface area (Å²) >= 11 is 0. The zero-order chi connectivity index (χ0) is 14.5. The highest BCUT2D eigenvalue weighted by Crippen LogP contribution is 2.12. The first kappa shape index (κ1) is 14.3. The Morgan fingerprint density at radius 2 is 2.05 bits per heavy atom. The molecule has 1 saturated heterocycles. The second-order valence-electron chi connectivity index (χ2n) is 4.96. The molecule has 1 aliphatic rings. The monoisotopic (exact) mass is 278 g/mol. The lowest BCUT2D eigenvalue weighted by Crippen LogP contribution is -2.45. The number of amides is 1. The summed E-state index contributed by atoms with van der Waals surface area (Å²) < 4.78 is 0. The van der Waals surface area contributed by atoms with E-state index in [0.29, 0.717) is 6.54 Å². The van der Waals surface area contributed by atoms with Crippen LogP contribution < -0.4 is 10.6 Å². The molecule has 4 N–H and O–H groups in total. The first-order valence-electron chi connectivity index (χ1n) is 6.58. The van der Waals surface area contributed by atoms with Gasteiger partial charge in [0.15, 0.2) is 0 Å². The summed E-state index contributed by atoms with van der Waals surface area (Å²) in [5, 5.41) is 24.1. The van der Waals surface area contributed by atoms with Crippen LogP contribution in [-0.4, -0.2) is 41.2 Å². The van der Waals surface area contributed by atoms with E-state index in [4.69, 9.17) is 0 Å². The first-order chi connectivity index (χ1) is 9.56. The Balaban J connectivity index is 1.98. The predicted molar refractivity (Wildman–Crippen MR) is 72.4 cm³/mol. The van der Waals surface area contributed by atoms with Crippen LogP contribution in [0.5, 0.6) is 5.75 Å². The van der Waals surface area contributed by atoms with Crippen LogP contribution in [0.2, 0.25) is 0 Å². The molecule has 0 radical (unpaired) electrons. The Morgan fingerprint density at radius 3 is 2.60 bits per heavy atom. The van der Waals surface area contributed by atoms with Crippen molar-refractivity contribution in [2.24, 2.45) is 5.92 Å². The standard InChI is InChI=1S/C14H18N2O4/c17-11-3-1-9(2-4-11)7-12(14(19)20)16-13(18)10-5-6-15-8-10/h1-4,10,12,15,17H,5-8H2,(H,16,18)(H,19,20)/t10?,12-/m0/s1. The summed E-state index contributed by atoms with van der Waals surface area (Å²) in [6.45, 7) is 1.38. The molecule has 1 heterocycles. The van der Waals surface area contributed by atoms with Crippen LogP contribution in [0.15, 0.2) is 24.3 Å². The molecule has 6 nitrogen and oxygen atoms in total. The predicted octanol–water partition coefficient (Wildman–Crippen LogP) is 0.114. The molecule has 20 heavy (non-hydrogen) atoms. The summed E-state index contributed by atoms with van der Waals surface area (Å²) in [7, 11) is 0. The third-order valence-electron chi connectivity index (χ3n) is 3.42. The van der Waals surface area contributed by atoms with Crippen LogP contribution in [0.4, 0.5) is 0 Å². The number of rotatable bonds is 5. The number of aromatic hydroxyl groups is 1. The Morgan fingerprint density at radius 1 is 1.35 bits per heavy atom. The number of benzene rings is 1. The number of carboxylic acid groups (broad SMARTS) is 1. The van der Waals surface area contributed by atoms with Crippen LogP contribution in [0.25, 0.3) is 0 Å². The van der Waals surface area contributed by atoms with E-state index < -0.39 is 12.0 Å². The molecule has 2 atom stereocenters. The summed E-state index contributed by atoms with van der Waals surface area (Å²) in [5.74, 6) is -1.31. The average molecular weight is 278 g/mol. The molecule has 0 bridgehead atoms. The lowest BCUT2D eigenvalue weighted by molar-refractivity contribution is -0.142. The fourth-order valence-corrected chi connectivity index (χ4v) is 2.24. The first-order valence-corrected chi connectivity index (χ1v) is 6.58. The van der Waals surface area contributed by atoms with Crippen LogP contribution in [-0.2, 0) is 16.0 Å². The molecule has 1 fully saturated rings. The number of nitrogens with one attached hydrogen (secondary N) is 2. The maximum absolute atomic E-state index is 12.0. The molecular weight excluding hydrogens is 260 g/mol. The van der Waals surface area contributed by atoms with Crippen molar-refractivity contribution in [3.8, 4) is 5.75 Å². The van der Waals surface area contributed by atoms with E-state index in [1.54, 1.807) is 12.1 Å². The van der Waals surface area contributed by atoms with E-state index >= 15 is 0 Å². The maximum atomic E-state index is 12.0. The molecule has 2 rings (SSSR count). The van der Waals surface area contributed by atoms with Gasteiger partial charge in [-0.05, 0) is 30.7 Å². The van der Waals surface area contributed by atoms with Gasteiger partial charge in [-0.3, -0.25) is 4.79 Å². The largest absolute Gasteiger partial charge is 0.508 e. The lowest BCUT2D eigenvalue weighted by atomic mass is 10.0. The average Bonchev–Trinajstić information content (AvgIpc) is 2.94. The topological polar surface area (TPSA) is 98.7 Å². The molecule has 0 saturated carbocycles. The van der Waals surface area contributed by atoms with Gasteiger partial charge in [-0.1, -0.05) is 12.1 Å². The fraction of sp³-hybridized carbons (Fsp3) is 0.429. The second kappa shape index (κ2) is 6.38. The van der Waals surface area contributed by atoms with Crippen molar-refractivity contribution in [1.29, 1.82) is 0 Å². The van der Waals surface area contributed by atoms with Crippen molar-refractivity contribution >= 4 is 11.9 Å². The molecule has 1 aliphatic heterocycles.